The maximum atomic E-state index is 12.0. The van der Waals surface area contributed by atoms with Crippen LogP contribution < -0.4 is 0 Å². The van der Waals surface area contributed by atoms with Crippen molar-refractivity contribution in [3.8, 4) is 0 Å². The van der Waals surface area contributed by atoms with Gasteiger partial charge in [0.2, 0.25) is 0 Å². The molecule has 0 heterocycles. The Bertz CT molecular complexity index is 517. The Kier molecular flexibility index (Phi) is 6.45. The van der Waals surface area contributed by atoms with Gasteiger partial charge < -0.3 is 9.84 Å². The molecule has 1 aromatic carbocycles. The van der Waals surface area contributed by atoms with Gasteiger partial charge in [-0.15, -0.1) is 0 Å². The number of ether oxygens (including phenoxy) is 1. The van der Waals surface area contributed by atoms with E-state index in [9.17, 15) is 9.59 Å². The molecule has 1 aromatic rings. The molecule has 0 saturated carbocycles. The zero-order valence-corrected chi connectivity index (χ0v) is 13.1. The molecule has 0 atom stereocenters. The van der Waals surface area contributed by atoms with Crippen molar-refractivity contribution >= 4 is 33.4 Å². The number of benzene rings is 1. The summed E-state index contributed by atoms with van der Waals surface area (Å²) >= 11 is 3.35. The van der Waals surface area contributed by atoms with Gasteiger partial charge in [-0.2, -0.15) is 0 Å². The van der Waals surface area contributed by atoms with Gasteiger partial charge >= 0.3 is 11.9 Å². The Labute approximate surface area is 126 Å². The van der Waals surface area contributed by atoms with Crippen molar-refractivity contribution in [2.45, 2.75) is 26.7 Å². The summed E-state index contributed by atoms with van der Waals surface area (Å²) < 4.78 is 5.89. The number of carboxylic acid groups (broad SMARTS) is 1. The van der Waals surface area contributed by atoms with E-state index in [2.05, 4.69) is 15.9 Å². The minimum atomic E-state index is -1.05. The Morgan fingerprint density at radius 3 is 2.25 bits per heavy atom. The molecule has 5 heteroatoms. The third-order valence-electron chi connectivity index (χ3n) is 2.76. The molecule has 4 nitrogen and oxygen atoms in total. The Hall–Kier alpha value is -1.62. The molecule has 0 amide bonds. The van der Waals surface area contributed by atoms with Crippen molar-refractivity contribution in [2.24, 2.45) is 0 Å². The highest BCUT2D eigenvalue weighted by Gasteiger charge is 2.19. The molecule has 20 heavy (non-hydrogen) atoms. The first-order valence-electron chi connectivity index (χ1n) is 6.36. The van der Waals surface area contributed by atoms with Gasteiger partial charge in [0.1, 0.15) is 0 Å². The summed E-state index contributed by atoms with van der Waals surface area (Å²) in [6.45, 7) is 3.80. The van der Waals surface area contributed by atoms with Gasteiger partial charge in [0, 0.05) is 4.47 Å². The van der Waals surface area contributed by atoms with E-state index < -0.39 is 11.9 Å². The molecule has 1 N–H and O–H groups in total. The predicted molar refractivity (Wildman–Crippen MR) is 80.2 cm³/mol. The molecule has 0 unspecified atom stereocenters. The normalized spacial score (nSPS) is 11.8. The number of allylic oxidation sites excluding steroid dienone is 1. The molecule has 0 aliphatic carbocycles. The van der Waals surface area contributed by atoms with Gasteiger partial charge in [-0.1, -0.05) is 35.0 Å². The van der Waals surface area contributed by atoms with Crippen molar-refractivity contribution in [3.63, 3.8) is 0 Å². The van der Waals surface area contributed by atoms with Crippen LogP contribution in [0.5, 0.6) is 0 Å². The lowest BCUT2D eigenvalue weighted by Gasteiger charge is -2.12. The summed E-state index contributed by atoms with van der Waals surface area (Å²) in [6.07, 6.45) is 0.223. The van der Waals surface area contributed by atoms with Crippen LogP contribution in [0.25, 0.3) is 5.57 Å². The molecule has 108 valence electrons. The van der Waals surface area contributed by atoms with Crippen LogP contribution in [0.1, 0.15) is 32.3 Å². The highest BCUT2D eigenvalue weighted by molar-refractivity contribution is 9.10. The maximum absolute atomic E-state index is 12.0. The molecule has 0 radical (unpaired) electrons. The molecule has 1 rings (SSSR count). The standard InChI is InChI=1S/C15H17BrO4/c1-3-12(10-5-7-11(16)8-6-10)13(9-14(17)18)15(19)20-4-2/h5-8H,3-4,9H2,1-2H3,(H,17,18)/b13-12+. The first-order chi connectivity index (χ1) is 9.49. The van der Waals surface area contributed by atoms with Crippen LogP contribution >= 0.6 is 15.9 Å². The number of halogens is 1. The molecule has 0 aromatic heterocycles. The maximum Gasteiger partial charge on any atom is 0.334 e. The molecular weight excluding hydrogens is 324 g/mol. The Morgan fingerprint density at radius 1 is 1.20 bits per heavy atom. The number of carbonyl (C=O) groups excluding carboxylic acids is 1. The van der Waals surface area contributed by atoms with Gasteiger partial charge in [-0.05, 0) is 36.6 Å². The van der Waals surface area contributed by atoms with E-state index in [1.54, 1.807) is 6.92 Å². The number of hydrogen-bond acceptors (Lipinski definition) is 3. The fraction of sp³-hybridized carbons (Fsp3) is 0.333. The molecule has 0 fully saturated rings. The quantitative estimate of drug-likeness (QED) is 0.634. The molecule has 0 spiro atoms. The van der Waals surface area contributed by atoms with Crippen LogP contribution in [0.3, 0.4) is 0 Å². The molecular formula is C15H17BrO4. The number of carbonyl (C=O) groups is 2. The van der Waals surface area contributed by atoms with E-state index in [1.165, 1.54) is 0 Å². The highest BCUT2D eigenvalue weighted by atomic mass is 79.9. The number of esters is 1. The summed E-state index contributed by atoms with van der Waals surface area (Å²) in [5.74, 6) is -1.61. The van der Waals surface area contributed by atoms with E-state index in [1.807, 2.05) is 31.2 Å². The molecule has 0 aliphatic heterocycles. The Morgan fingerprint density at radius 2 is 1.80 bits per heavy atom. The van der Waals surface area contributed by atoms with E-state index >= 15 is 0 Å². The second-order valence-corrected chi connectivity index (χ2v) is 5.02. The summed E-state index contributed by atoms with van der Waals surface area (Å²) in [4.78, 5) is 22.9. The second-order valence-electron chi connectivity index (χ2n) is 4.11. The van der Waals surface area contributed by atoms with Crippen molar-refractivity contribution in [2.75, 3.05) is 6.61 Å². The average molecular weight is 341 g/mol. The number of carboxylic acids is 1. The SMILES string of the molecule is CCOC(=O)/C(CC(=O)O)=C(\CC)c1ccc(Br)cc1. The average Bonchev–Trinajstić information content (AvgIpc) is 2.40. The molecule has 0 bridgehead atoms. The van der Waals surface area contributed by atoms with Crippen molar-refractivity contribution in [1.29, 1.82) is 0 Å². The van der Waals surface area contributed by atoms with Crippen molar-refractivity contribution in [3.05, 3.63) is 39.9 Å². The second kappa shape index (κ2) is 7.85. The first kappa shape index (κ1) is 16.4. The Balaban J connectivity index is 3.29. The van der Waals surface area contributed by atoms with Crippen LogP contribution in [-0.2, 0) is 14.3 Å². The predicted octanol–water partition coefficient (Wildman–Crippen LogP) is 3.65. The summed E-state index contributed by atoms with van der Waals surface area (Å²) in [5, 5.41) is 8.99. The van der Waals surface area contributed by atoms with Crippen LogP contribution in [0.2, 0.25) is 0 Å². The van der Waals surface area contributed by atoms with E-state index in [-0.39, 0.29) is 18.6 Å². The fourth-order valence-corrected chi connectivity index (χ4v) is 2.18. The zero-order valence-electron chi connectivity index (χ0n) is 11.5. The van der Waals surface area contributed by atoms with Gasteiger partial charge in [0.25, 0.3) is 0 Å². The summed E-state index contributed by atoms with van der Waals surface area (Å²) in [6, 6.07) is 7.41. The third kappa shape index (κ3) is 4.49. The van der Waals surface area contributed by atoms with E-state index in [0.29, 0.717) is 12.0 Å². The number of rotatable bonds is 6. The lowest BCUT2D eigenvalue weighted by Crippen LogP contribution is -2.13. The molecule has 0 saturated heterocycles. The van der Waals surface area contributed by atoms with Crippen LogP contribution in [0, 0.1) is 0 Å². The smallest absolute Gasteiger partial charge is 0.334 e. The number of aliphatic carboxylic acids is 1. The van der Waals surface area contributed by atoms with Crippen molar-refractivity contribution in [1.82, 2.24) is 0 Å². The largest absolute Gasteiger partial charge is 0.481 e. The lowest BCUT2D eigenvalue weighted by molar-refractivity contribution is -0.142. The van der Waals surface area contributed by atoms with Crippen LogP contribution in [-0.4, -0.2) is 23.7 Å². The van der Waals surface area contributed by atoms with Gasteiger partial charge in [-0.25, -0.2) is 4.79 Å². The van der Waals surface area contributed by atoms with E-state index in [0.717, 1.165) is 10.0 Å². The lowest BCUT2D eigenvalue weighted by atomic mass is 9.95. The van der Waals surface area contributed by atoms with Gasteiger partial charge in [0.05, 0.1) is 18.6 Å². The van der Waals surface area contributed by atoms with E-state index in [4.69, 9.17) is 9.84 Å². The monoisotopic (exact) mass is 340 g/mol. The number of hydrogen-bond donors (Lipinski definition) is 1. The topological polar surface area (TPSA) is 63.6 Å². The first-order valence-corrected chi connectivity index (χ1v) is 7.15. The summed E-state index contributed by atoms with van der Waals surface area (Å²) in [7, 11) is 0. The van der Waals surface area contributed by atoms with Crippen molar-refractivity contribution < 1.29 is 19.4 Å². The zero-order chi connectivity index (χ0) is 15.1. The minimum Gasteiger partial charge on any atom is -0.481 e. The fourth-order valence-electron chi connectivity index (χ4n) is 1.91. The minimum absolute atomic E-state index is 0.212. The van der Waals surface area contributed by atoms with Crippen LogP contribution in [0.4, 0.5) is 0 Å². The highest BCUT2D eigenvalue weighted by Crippen LogP contribution is 2.26. The van der Waals surface area contributed by atoms with Gasteiger partial charge in [0.15, 0.2) is 0 Å². The van der Waals surface area contributed by atoms with Crippen LogP contribution in [0.15, 0.2) is 34.3 Å². The van der Waals surface area contributed by atoms with Gasteiger partial charge in [-0.3, -0.25) is 4.79 Å². The third-order valence-corrected chi connectivity index (χ3v) is 3.29. The summed E-state index contributed by atoms with van der Waals surface area (Å²) in [5.41, 5.74) is 1.75. The molecule has 0 aliphatic rings.